The van der Waals surface area contributed by atoms with Gasteiger partial charge in [0, 0.05) is 0 Å². The molecule has 6 nitrogen and oxygen atoms in total. The maximum Gasteiger partial charge on any atom is 0.349 e. The first-order valence-electron chi connectivity index (χ1n) is 4.15. The van der Waals surface area contributed by atoms with Crippen molar-refractivity contribution in [2.45, 2.75) is 26.4 Å². The van der Waals surface area contributed by atoms with E-state index in [1.807, 2.05) is 0 Å². The van der Waals surface area contributed by atoms with Crippen LogP contribution in [0, 0.1) is 10.1 Å². The lowest BCUT2D eigenvalue weighted by Crippen LogP contribution is -2.24. The highest BCUT2D eigenvalue weighted by molar-refractivity contribution is 9.10. The molecule has 0 aliphatic carbocycles. The minimum absolute atomic E-state index is 0.0330. The average Bonchev–Trinajstić information content (AvgIpc) is 1.99. The molecule has 7 heteroatoms. The number of rotatable bonds is 2. The van der Waals surface area contributed by atoms with Crippen LogP contribution in [-0.4, -0.2) is 20.5 Å². The molecule has 0 radical (unpaired) electrons. The van der Waals surface area contributed by atoms with Crippen molar-refractivity contribution >= 4 is 21.6 Å². The molecule has 0 atom stereocenters. The standard InChI is InChI=1S/C8H10BrN3O3/c1-8(2,3)15-6-5(12(13)14)4-10-7(9)11-6/h4H,1-3H3. The fourth-order valence-corrected chi connectivity index (χ4v) is 1.09. The number of hydrogen-bond acceptors (Lipinski definition) is 5. The van der Waals surface area contributed by atoms with Crippen LogP contribution < -0.4 is 4.74 Å². The smallest absolute Gasteiger partial charge is 0.349 e. The van der Waals surface area contributed by atoms with Crippen LogP contribution in [0.5, 0.6) is 5.88 Å². The quantitative estimate of drug-likeness (QED) is 0.470. The predicted octanol–water partition coefficient (Wildman–Crippen LogP) is 2.32. The summed E-state index contributed by atoms with van der Waals surface area (Å²) in [7, 11) is 0. The van der Waals surface area contributed by atoms with Gasteiger partial charge in [0.1, 0.15) is 11.8 Å². The van der Waals surface area contributed by atoms with Crippen molar-refractivity contribution < 1.29 is 9.66 Å². The Morgan fingerprint density at radius 2 is 2.13 bits per heavy atom. The molecular weight excluding hydrogens is 266 g/mol. The molecule has 1 aromatic rings. The summed E-state index contributed by atoms with van der Waals surface area (Å²) >= 11 is 3.03. The van der Waals surface area contributed by atoms with E-state index in [9.17, 15) is 10.1 Å². The fourth-order valence-electron chi connectivity index (χ4n) is 0.830. The number of hydrogen-bond donors (Lipinski definition) is 0. The Bertz CT molecular complexity index is 389. The van der Waals surface area contributed by atoms with Crippen LogP contribution in [0.25, 0.3) is 0 Å². The van der Waals surface area contributed by atoms with E-state index in [4.69, 9.17) is 4.74 Å². The van der Waals surface area contributed by atoms with Gasteiger partial charge in [-0.15, -0.1) is 0 Å². The monoisotopic (exact) mass is 275 g/mol. The largest absolute Gasteiger partial charge is 0.467 e. The van der Waals surface area contributed by atoms with Crippen molar-refractivity contribution in [1.29, 1.82) is 0 Å². The number of aromatic nitrogens is 2. The molecule has 0 amide bonds. The van der Waals surface area contributed by atoms with Crippen molar-refractivity contribution in [3.05, 3.63) is 21.0 Å². The number of nitro groups is 1. The molecule has 0 aliphatic rings. The topological polar surface area (TPSA) is 78.2 Å². The zero-order valence-electron chi connectivity index (χ0n) is 8.52. The molecule has 0 unspecified atom stereocenters. The number of ether oxygens (including phenoxy) is 1. The Kier molecular flexibility index (Phi) is 3.23. The first-order valence-corrected chi connectivity index (χ1v) is 4.95. The molecule has 1 rings (SSSR count). The third-order valence-electron chi connectivity index (χ3n) is 1.31. The van der Waals surface area contributed by atoms with Gasteiger partial charge in [-0.3, -0.25) is 10.1 Å². The molecular formula is C8H10BrN3O3. The Balaban J connectivity index is 3.13. The predicted molar refractivity (Wildman–Crippen MR) is 56.8 cm³/mol. The van der Waals surface area contributed by atoms with Crippen molar-refractivity contribution in [2.24, 2.45) is 0 Å². The maximum absolute atomic E-state index is 10.6. The molecule has 0 bridgehead atoms. The zero-order chi connectivity index (χ0) is 11.6. The summed E-state index contributed by atoms with van der Waals surface area (Å²) in [5.41, 5.74) is -0.786. The van der Waals surface area contributed by atoms with Crippen LogP contribution in [0.15, 0.2) is 10.9 Å². The summed E-state index contributed by atoms with van der Waals surface area (Å²) in [5, 5.41) is 10.6. The average molecular weight is 276 g/mol. The first-order chi connectivity index (χ1) is 6.79. The molecule has 1 heterocycles. The van der Waals surface area contributed by atoms with Crippen molar-refractivity contribution in [1.82, 2.24) is 9.97 Å². The molecule has 82 valence electrons. The second-order valence-electron chi connectivity index (χ2n) is 3.80. The molecule has 1 aromatic heterocycles. The molecule has 0 fully saturated rings. The summed E-state index contributed by atoms with van der Waals surface area (Å²) in [4.78, 5) is 17.6. The van der Waals surface area contributed by atoms with Crippen LogP contribution >= 0.6 is 15.9 Å². The zero-order valence-corrected chi connectivity index (χ0v) is 10.1. The highest BCUT2D eigenvalue weighted by Gasteiger charge is 2.23. The molecule has 0 aromatic carbocycles. The summed E-state index contributed by atoms with van der Waals surface area (Å²) in [6.45, 7) is 5.35. The minimum Gasteiger partial charge on any atom is -0.467 e. The Morgan fingerprint density at radius 3 is 2.60 bits per heavy atom. The van der Waals surface area contributed by atoms with E-state index in [0.29, 0.717) is 0 Å². The number of halogens is 1. The van der Waals surface area contributed by atoms with Crippen LogP contribution in [0.1, 0.15) is 20.8 Å². The molecule has 15 heavy (non-hydrogen) atoms. The van der Waals surface area contributed by atoms with E-state index in [-0.39, 0.29) is 16.3 Å². The molecule has 0 saturated carbocycles. The van der Waals surface area contributed by atoms with Gasteiger partial charge in [0.05, 0.1) is 4.92 Å². The van der Waals surface area contributed by atoms with Gasteiger partial charge in [-0.1, -0.05) is 0 Å². The fraction of sp³-hybridized carbons (Fsp3) is 0.500. The molecule has 0 spiro atoms. The van der Waals surface area contributed by atoms with Crippen LogP contribution in [0.3, 0.4) is 0 Å². The van der Waals surface area contributed by atoms with E-state index in [2.05, 4.69) is 25.9 Å². The van der Waals surface area contributed by atoms with E-state index >= 15 is 0 Å². The Hall–Kier alpha value is -1.24. The summed E-state index contributed by atoms with van der Waals surface area (Å²) in [5.74, 6) is -0.0330. The van der Waals surface area contributed by atoms with Gasteiger partial charge in [0.2, 0.25) is 0 Å². The third-order valence-corrected chi connectivity index (χ3v) is 1.69. The van der Waals surface area contributed by atoms with E-state index in [1.54, 1.807) is 20.8 Å². The minimum atomic E-state index is -0.576. The summed E-state index contributed by atoms with van der Waals surface area (Å²) in [6, 6.07) is 0. The van der Waals surface area contributed by atoms with Crippen LogP contribution in [0.2, 0.25) is 0 Å². The lowest BCUT2D eigenvalue weighted by molar-refractivity contribution is -0.386. The second kappa shape index (κ2) is 4.09. The normalized spacial score (nSPS) is 11.2. The van der Waals surface area contributed by atoms with Crippen molar-refractivity contribution in [3.8, 4) is 5.88 Å². The molecule has 0 N–H and O–H groups in total. The van der Waals surface area contributed by atoms with E-state index < -0.39 is 10.5 Å². The Morgan fingerprint density at radius 1 is 1.53 bits per heavy atom. The third kappa shape index (κ3) is 3.43. The van der Waals surface area contributed by atoms with Crippen LogP contribution in [0.4, 0.5) is 5.69 Å². The highest BCUT2D eigenvalue weighted by Crippen LogP contribution is 2.27. The second-order valence-corrected chi connectivity index (χ2v) is 4.51. The first kappa shape index (κ1) is 11.8. The van der Waals surface area contributed by atoms with Gasteiger partial charge in [0.15, 0.2) is 4.73 Å². The lowest BCUT2D eigenvalue weighted by atomic mass is 10.2. The Labute approximate surface area is 95.0 Å². The van der Waals surface area contributed by atoms with Gasteiger partial charge in [-0.2, -0.15) is 4.98 Å². The van der Waals surface area contributed by atoms with Crippen LogP contribution in [-0.2, 0) is 0 Å². The van der Waals surface area contributed by atoms with E-state index in [1.165, 1.54) is 0 Å². The van der Waals surface area contributed by atoms with Crippen molar-refractivity contribution in [2.75, 3.05) is 0 Å². The number of nitrogens with zero attached hydrogens (tertiary/aromatic N) is 3. The van der Waals surface area contributed by atoms with Gasteiger partial charge < -0.3 is 4.74 Å². The maximum atomic E-state index is 10.6. The highest BCUT2D eigenvalue weighted by atomic mass is 79.9. The summed E-state index contributed by atoms with van der Waals surface area (Å²) < 4.78 is 5.61. The van der Waals surface area contributed by atoms with Gasteiger partial charge in [0.25, 0.3) is 5.88 Å². The van der Waals surface area contributed by atoms with Gasteiger partial charge in [-0.05, 0) is 36.7 Å². The van der Waals surface area contributed by atoms with Gasteiger partial charge >= 0.3 is 5.69 Å². The van der Waals surface area contributed by atoms with E-state index in [0.717, 1.165) is 6.20 Å². The SMILES string of the molecule is CC(C)(C)Oc1nc(Br)ncc1[N+](=O)[O-]. The molecule has 0 aliphatic heterocycles. The summed E-state index contributed by atoms with van der Waals surface area (Å²) in [6.07, 6.45) is 1.11. The van der Waals surface area contributed by atoms with Gasteiger partial charge in [-0.25, -0.2) is 4.98 Å². The van der Waals surface area contributed by atoms with Crippen molar-refractivity contribution in [3.63, 3.8) is 0 Å². The molecule has 0 saturated heterocycles. The lowest BCUT2D eigenvalue weighted by Gasteiger charge is -2.19.